The molecule has 0 bridgehead atoms. The third-order valence-corrected chi connectivity index (χ3v) is 4.67. The first kappa shape index (κ1) is 17.6. The minimum atomic E-state index is -0.458. The largest absolute Gasteiger partial charge is 0.391 e. The average molecular weight is 343 g/mol. The van der Waals surface area contributed by atoms with E-state index < -0.39 is 6.10 Å². The lowest BCUT2D eigenvalue weighted by molar-refractivity contribution is -0.132. The zero-order valence-electron chi connectivity index (χ0n) is 14.5. The first-order valence-corrected chi connectivity index (χ1v) is 8.64. The summed E-state index contributed by atoms with van der Waals surface area (Å²) in [6.07, 6.45) is 9.73. The van der Waals surface area contributed by atoms with Crippen molar-refractivity contribution >= 4 is 5.91 Å². The van der Waals surface area contributed by atoms with Crippen LogP contribution in [0.5, 0.6) is 0 Å². The summed E-state index contributed by atoms with van der Waals surface area (Å²) < 4.78 is 1.94. The fourth-order valence-corrected chi connectivity index (χ4v) is 3.33. The molecule has 7 heteroatoms. The normalized spacial score (nSPS) is 21.3. The van der Waals surface area contributed by atoms with Gasteiger partial charge in [0, 0.05) is 44.4 Å². The zero-order valence-corrected chi connectivity index (χ0v) is 14.5. The van der Waals surface area contributed by atoms with Gasteiger partial charge in [0.25, 0.3) is 0 Å². The minimum absolute atomic E-state index is 0.0200. The summed E-state index contributed by atoms with van der Waals surface area (Å²) in [7, 11) is 1.94. The van der Waals surface area contributed by atoms with Gasteiger partial charge >= 0.3 is 0 Å². The quantitative estimate of drug-likeness (QED) is 0.874. The van der Waals surface area contributed by atoms with E-state index in [9.17, 15) is 9.90 Å². The van der Waals surface area contributed by atoms with Gasteiger partial charge in [0.05, 0.1) is 25.0 Å². The second kappa shape index (κ2) is 8.22. The van der Waals surface area contributed by atoms with Crippen LogP contribution in [-0.2, 0) is 11.3 Å². The molecular formula is C18H25N5O2. The lowest BCUT2D eigenvalue weighted by Gasteiger charge is -2.24. The molecule has 1 N–H and O–H groups in total. The van der Waals surface area contributed by atoms with Crippen LogP contribution in [0.3, 0.4) is 0 Å². The topological polar surface area (TPSA) is 74.5 Å². The van der Waals surface area contributed by atoms with E-state index in [4.69, 9.17) is 0 Å². The van der Waals surface area contributed by atoms with E-state index in [1.807, 2.05) is 45.9 Å². The number of rotatable bonds is 5. The van der Waals surface area contributed by atoms with Gasteiger partial charge in [-0.15, -0.1) is 0 Å². The van der Waals surface area contributed by atoms with Crippen molar-refractivity contribution < 1.29 is 9.90 Å². The van der Waals surface area contributed by atoms with Crippen LogP contribution in [0, 0.1) is 0 Å². The number of imidazole rings is 1. The third kappa shape index (κ3) is 4.64. The van der Waals surface area contributed by atoms with Crippen LogP contribution in [0.4, 0.5) is 0 Å². The fraction of sp³-hybridized carbons (Fsp3) is 0.500. The van der Waals surface area contributed by atoms with Crippen LogP contribution in [0.1, 0.15) is 24.4 Å². The number of nitrogens with zero attached hydrogens (tertiary/aromatic N) is 5. The zero-order chi connectivity index (χ0) is 17.6. The summed E-state index contributed by atoms with van der Waals surface area (Å²) in [6, 6.07) is 3.89. The van der Waals surface area contributed by atoms with Gasteiger partial charge in [-0.1, -0.05) is 6.07 Å². The van der Waals surface area contributed by atoms with E-state index in [0.29, 0.717) is 32.6 Å². The van der Waals surface area contributed by atoms with E-state index in [-0.39, 0.29) is 11.9 Å². The standard InChI is InChI=1S/C18H25N5O2/c1-21(12-15-3-2-6-19-11-15)13-18(25)22-8-4-16(17(24)5-9-22)23-10-7-20-14-23/h2-3,6-7,10-11,14,16-17,24H,4-5,8-9,12-13H2,1H3/t16-,17-/m0/s1. The van der Waals surface area contributed by atoms with Crippen molar-refractivity contribution in [3.63, 3.8) is 0 Å². The lowest BCUT2D eigenvalue weighted by Crippen LogP contribution is -2.39. The Balaban J connectivity index is 1.54. The maximum Gasteiger partial charge on any atom is 0.236 e. The molecule has 0 saturated carbocycles. The number of carbonyl (C=O) groups excluding carboxylic acids is 1. The Labute approximate surface area is 147 Å². The van der Waals surface area contributed by atoms with Gasteiger partial charge in [0.15, 0.2) is 0 Å². The molecule has 1 aliphatic rings. The lowest BCUT2D eigenvalue weighted by atomic mass is 10.1. The molecule has 1 fully saturated rings. The van der Waals surface area contributed by atoms with Crippen LogP contribution in [0.25, 0.3) is 0 Å². The van der Waals surface area contributed by atoms with E-state index in [1.165, 1.54) is 0 Å². The highest BCUT2D eigenvalue weighted by molar-refractivity contribution is 5.78. The molecule has 2 aromatic heterocycles. The fourth-order valence-electron chi connectivity index (χ4n) is 3.33. The van der Waals surface area contributed by atoms with E-state index in [0.717, 1.165) is 12.0 Å². The number of aliphatic hydroxyl groups excluding tert-OH is 1. The Bertz CT molecular complexity index is 661. The maximum atomic E-state index is 12.6. The molecule has 134 valence electrons. The predicted octanol–water partition coefficient (Wildman–Crippen LogP) is 0.934. The SMILES string of the molecule is CN(CC(=O)N1CC[C@H](O)[C@@H](n2ccnc2)CC1)Cc1cccnc1. The van der Waals surface area contributed by atoms with Gasteiger partial charge in [-0.05, 0) is 31.5 Å². The van der Waals surface area contributed by atoms with Crippen molar-refractivity contribution in [3.05, 3.63) is 48.8 Å². The number of aliphatic hydroxyl groups is 1. The van der Waals surface area contributed by atoms with Crippen molar-refractivity contribution in [1.82, 2.24) is 24.3 Å². The first-order chi connectivity index (χ1) is 12.1. The highest BCUT2D eigenvalue weighted by atomic mass is 16.3. The molecule has 25 heavy (non-hydrogen) atoms. The molecule has 1 aliphatic heterocycles. The molecule has 0 aliphatic carbocycles. The number of pyridine rings is 1. The molecule has 1 amide bonds. The monoisotopic (exact) mass is 343 g/mol. The number of hydrogen-bond donors (Lipinski definition) is 1. The molecule has 3 heterocycles. The van der Waals surface area contributed by atoms with E-state index in [1.54, 1.807) is 18.7 Å². The predicted molar refractivity (Wildman–Crippen MR) is 93.7 cm³/mol. The maximum absolute atomic E-state index is 12.6. The molecular weight excluding hydrogens is 318 g/mol. The van der Waals surface area contributed by atoms with Gasteiger partial charge in [-0.25, -0.2) is 4.98 Å². The molecule has 0 spiro atoms. The Morgan fingerprint density at radius 3 is 2.88 bits per heavy atom. The summed E-state index contributed by atoms with van der Waals surface area (Å²) in [5.74, 6) is 0.102. The Morgan fingerprint density at radius 2 is 2.16 bits per heavy atom. The van der Waals surface area contributed by atoms with Crippen molar-refractivity contribution in [2.24, 2.45) is 0 Å². The van der Waals surface area contributed by atoms with Gasteiger partial charge in [0.1, 0.15) is 0 Å². The van der Waals surface area contributed by atoms with E-state index in [2.05, 4.69) is 9.97 Å². The molecule has 3 rings (SSSR count). The smallest absolute Gasteiger partial charge is 0.236 e. The van der Waals surface area contributed by atoms with E-state index >= 15 is 0 Å². The Morgan fingerprint density at radius 1 is 1.32 bits per heavy atom. The van der Waals surface area contributed by atoms with Gasteiger partial charge in [0.2, 0.25) is 5.91 Å². The van der Waals surface area contributed by atoms with Crippen molar-refractivity contribution in [2.45, 2.75) is 31.5 Å². The van der Waals surface area contributed by atoms with Crippen LogP contribution in [0.15, 0.2) is 43.2 Å². The van der Waals surface area contributed by atoms with Gasteiger partial charge in [-0.2, -0.15) is 0 Å². The van der Waals surface area contributed by atoms with Crippen LogP contribution >= 0.6 is 0 Å². The molecule has 2 atom stereocenters. The summed E-state index contributed by atoms with van der Waals surface area (Å²) in [5, 5.41) is 10.4. The average Bonchev–Trinajstić information content (AvgIpc) is 3.05. The number of aromatic nitrogens is 3. The number of likely N-dealkylation sites (tertiary alicyclic amines) is 1. The van der Waals surface area contributed by atoms with Crippen LogP contribution in [-0.4, -0.2) is 68.1 Å². The van der Waals surface area contributed by atoms with Gasteiger partial charge in [-0.3, -0.25) is 14.7 Å². The summed E-state index contributed by atoms with van der Waals surface area (Å²) in [5.41, 5.74) is 1.09. The number of carbonyl (C=O) groups is 1. The Hall–Kier alpha value is -2.25. The van der Waals surface area contributed by atoms with Crippen molar-refractivity contribution in [2.75, 3.05) is 26.7 Å². The summed E-state index contributed by atoms with van der Waals surface area (Å²) >= 11 is 0. The van der Waals surface area contributed by atoms with Crippen LogP contribution in [0.2, 0.25) is 0 Å². The highest BCUT2D eigenvalue weighted by Gasteiger charge is 2.28. The number of hydrogen-bond acceptors (Lipinski definition) is 5. The highest BCUT2D eigenvalue weighted by Crippen LogP contribution is 2.23. The molecule has 0 unspecified atom stereocenters. The molecule has 1 saturated heterocycles. The molecule has 0 radical (unpaired) electrons. The van der Waals surface area contributed by atoms with Crippen molar-refractivity contribution in [3.8, 4) is 0 Å². The Kier molecular flexibility index (Phi) is 5.78. The summed E-state index contributed by atoms with van der Waals surface area (Å²) in [4.78, 5) is 24.6. The second-order valence-corrected chi connectivity index (χ2v) is 6.64. The number of amides is 1. The van der Waals surface area contributed by atoms with Crippen LogP contribution < -0.4 is 0 Å². The second-order valence-electron chi connectivity index (χ2n) is 6.64. The third-order valence-electron chi connectivity index (χ3n) is 4.67. The van der Waals surface area contributed by atoms with Gasteiger partial charge < -0.3 is 14.6 Å². The molecule has 0 aromatic carbocycles. The molecule has 7 nitrogen and oxygen atoms in total. The minimum Gasteiger partial charge on any atom is -0.391 e. The molecule has 2 aromatic rings. The number of likely N-dealkylation sites (N-methyl/N-ethyl adjacent to an activating group) is 1. The first-order valence-electron chi connectivity index (χ1n) is 8.64. The summed E-state index contributed by atoms with van der Waals surface area (Å²) in [6.45, 7) is 2.29. The van der Waals surface area contributed by atoms with Crippen molar-refractivity contribution in [1.29, 1.82) is 0 Å².